The van der Waals surface area contributed by atoms with E-state index < -0.39 is 50.6 Å². The highest BCUT2D eigenvalue weighted by Gasteiger charge is 2.45. The summed E-state index contributed by atoms with van der Waals surface area (Å²) in [7, 11) is -3.51. The molecular weight excluding hydrogens is 407 g/mol. The number of methoxy groups -OCH3 is 1. The van der Waals surface area contributed by atoms with Crippen molar-refractivity contribution in [2.45, 2.75) is 36.0 Å². The molecule has 0 aromatic carbocycles. The molecule has 12 nitrogen and oxygen atoms in total. The van der Waals surface area contributed by atoms with Crippen LogP contribution in [0.3, 0.4) is 0 Å². The summed E-state index contributed by atoms with van der Waals surface area (Å²) in [6.07, 6.45) is -4.18. The number of rotatable bonds is 8. The highest BCUT2D eigenvalue weighted by molar-refractivity contribution is 7.99. The molecule has 0 amide bonds. The van der Waals surface area contributed by atoms with Crippen molar-refractivity contribution in [2.75, 3.05) is 19.5 Å². The van der Waals surface area contributed by atoms with E-state index in [-0.39, 0.29) is 6.42 Å². The van der Waals surface area contributed by atoms with Gasteiger partial charge in [-0.05, 0) is 6.07 Å². The summed E-state index contributed by atoms with van der Waals surface area (Å²) < 4.78 is 25.8. The van der Waals surface area contributed by atoms with Gasteiger partial charge in [-0.25, -0.2) is 9.36 Å². The van der Waals surface area contributed by atoms with Crippen molar-refractivity contribution in [3.8, 4) is 0 Å². The van der Waals surface area contributed by atoms with Crippen LogP contribution in [0.5, 0.6) is 0 Å². The molecule has 0 spiro atoms. The Labute approximate surface area is 157 Å². The number of carbonyl (C=O) groups excluding carboxylic acids is 1. The van der Waals surface area contributed by atoms with Crippen LogP contribution in [0, 0.1) is 0 Å². The number of aromatic nitrogens is 2. The number of aliphatic hydroxyl groups excluding tert-OH is 2. The lowest BCUT2D eigenvalue weighted by atomic mass is 10.1. The van der Waals surface area contributed by atoms with Gasteiger partial charge in [0.1, 0.15) is 23.3 Å². The quantitative estimate of drug-likeness (QED) is 0.166. The number of nitrogens with zero attached hydrogens (tertiary/aromatic N) is 2. The second-order valence-corrected chi connectivity index (χ2v) is 7.82. The molecule has 4 atom stereocenters. The predicted molar refractivity (Wildman–Crippen MR) is 89.8 cm³/mol. The minimum Gasteiger partial charge on any atom is -0.469 e. The Morgan fingerprint density at radius 3 is 2.70 bits per heavy atom. The molecule has 1 fully saturated rings. The summed E-state index contributed by atoms with van der Waals surface area (Å²) >= 11 is 1.16. The van der Waals surface area contributed by atoms with Crippen LogP contribution in [0.25, 0.3) is 0 Å². The first-order chi connectivity index (χ1) is 12.6. The molecule has 1 aliphatic rings. The lowest BCUT2D eigenvalue weighted by molar-refractivity contribution is -0.140. The third-order valence-corrected chi connectivity index (χ3v) is 5.02. The van der Waals surface area contributed by atoms with Crippen LogP contribution in [0.2, 0.25) is 0 Å². The van der Waals surface area contributed by atoms with E-state index in [1.165, 1.54) is 19.4 Å². The van der Waals surface area contributed by atoms with Crippen molar-refractivity contribution in [1.82, 2.24) is 9.55 Å². The van der Waals surface area contributed by atoms with Crippen LogP contribution < -0.4 is 5.69 Å². The smallest absolute Gasteiger partial charge is 0.469 e. The fourth-order valence-electron chi connectivity index (χ4n) is 2.28. The minimum atomic E-state index is -4.78. The Bertz CT molecular complexity index is 768. The topological polar surface area (TPSA) is 178 Å². The van der Waals surface area contributed by atoms with E-state index in [1.54, 1.807) is 0 Å². The second-order valence-electron chi connectivity index (χ2n) is 5.46. The van der Waals surface area contributed by atoms with Crippen LogP contribution in [0.15, 0.2) is 22.1 Å². The third kappa shape index (κ3) is 6.09. The average molecular weight is 426 g/mol. The molecule has 2 rings (SSSR count). The monoisotopic (exact) mass is 426 g/mol. The number of hydrogen-bond donors (Lipinski definition) is 4. The predicted octanol–water partition coefficient (Wildman–Crippen LogP) is -1.37. The van der Waals surface area contributed by atoms with Crippen LogP contribution in [-0.4, -0.2) is 73.3 Å². The number of esters is 1. The van der Waals surface area contributed by atoms with Gasteiger partial charge in [-0.1, -0.05) is 0 Å². The van der Waals surface area contributed by atoms with Gasteiger partial charge in [0, 0.05) is 11.9 Å². The van der Waals surface area contributed by atoms with E-state index >= 15 is 0 Å². The molecule has 1 saturated heterocycles. The summed E-state index contributed by atoms with van der Waals surface area (Å²) in [5.41, 5.74) is -0.772. The van der Waals surface area contributed by atoms with Gasteiger partial charge in [-0.15, -0.1) is 11.8 Å². The van der Waals surface area contributed by atoms with Crippen LogP contribution in [0.1, 0.15) is 12.6 Å². The Kier molecular flexibility index (Phi) is 7.54. The molecule has 152 valence electrons. The lowest BCUT2D eigenvalue weighted by Gasteiger charge is -2.17. The van der Waals surface area contributed by atoms with Gasteiger partial charge in [-0.2, -0.15) is 4.98 Å². The number of phosphoric acid groups is 1. The summed E-state index contributed by atoms with van der Waals surface area (Å²) in [4.78, 5) is 44.4. The maximum Gasteiger partial charge on any atom is 0.469 e. The summed E-state index contributed by atoms with van der Waals surface area (Å²) in [5, 5.41) is 20.3. The standard InChI is InChI=1S/C13H19N2O10PS/c1-23-9(16)3-5-27-8-2-4-15(13(19)14-8)12-11(18)10(17)7(25-12)6-24-26(20,21)22/h2,4,7,10-12,17-18H,3,5-6H2,1H3,(H2,20,21,22)/t7-,10-,11-,12-/m1/s1. The molecule has 1 aliphatic heterocycles. The van der Waals surface area contributed by atoms with Crippen molar-refractivity contribution in [1.29, 1.82) is 0 Å². The van der Waals surface area contributed by atoms with E-state index in [0.717, 1.165) is 16.3 Å². The average Bonchev–Trinajstić information content (AvgIpc) is 2.87. The second kappa shape index (κ2) is 9.26. The number of phosphoric ester groups is 1. The first kappa shape index (κ1) is 22.0. The van der Waals surface area contributed by atoms with Crippen molar-refractivity contribution in [2.24, 2.45) is 0 Å². The molecule has 4 N–H and O–H groups in total. The molecule has 1 aromatic heterocycles. The van der Waals surface area contributed by atoms with E-state index in [4.69, 9.17) is 14.5 Å². The fourth-order valence-corrected chi connectivity index (χ4v) is 3.40. The summed E-state index contributed by atoms with van der Waals surface area (Å²) in [6, 6.07) is 1.46. The van der Waals surface area contributed by atoms with Gasteiger partial charge in [0.15, 0.2) is 6.23 Å². The molecule has 2 heterocycles. The zero-order valence-electron chi connectivity index (χ0n) is 14.1. The molecule has 0 bridgehead atoms. The van der Waals surface area contributed by atoms with Gasteiger partial charge in [0.05, 0.1) is 20.1 Å². The Hall–Kier alpha value is -1.31. The SMILES string of the molecule is COC(=O)CCSc1ccn([C@@H]2O[C@H](COP(=O)(O)O)[C@@H](O)[C@H]2O)c(=O)n1. The van der Waals surface area contributed by atoms with E-state index in [1.807, 2.05) is 0 Å². The van der Waals surface area contributed by atoms with Crippen LogP contribution in [0.4, 0.5) is 0 Å². The van der Waals surface area contributed by atoms with E-state index in [0.29, 0.717) is 10.8 Å². The zero-order chi connectivity index (χ0) is 20.2. The largest absolute Gasteiger partial charge is 0.469 e. The number of thioether (sulfide) groups is 1. The van der Waals surface area contributed by atoms with Gasteiger partial charge >= 0.3 is 19.5 Å². The number of aliphatic hydroxyl groups is 2. The molecule has 1 aromatic rings. The minimum absolute atomic E-state index is 0.143. The Balaban J connectivity index is 2.03. The third-order valence-electron chi connectivity index (χ3n) is 3.61. The number of hydrogen-bond acceptors (Lipinski definition) is 10. The maximum atomic E-state index is 12.2. The van der Waals surface area contributed by atoms with Gasteiger partial charge in [0.25, 0.3) is 0 Å². The first-order valence-corrected chi connectivity index (χ1v) is 10.1. The highest BCUT2D eigenvalue weighted by Crippen LogP contribution is 2.38. The van der Waals surface area contributed by atoms with Gasteiger partial charge in [-0.3, -0.25) is 13.9 Å². The molecule has 0 saturated carbocycles. The Morgan fingerprint density at radius 1 is 1.41 bits per heavy atom. The van der Waals surface area contributed by atoms with Gasteiger partial charge < -0.3 is 29.5 Å². The number of carbonyl (C=O) groups is 1. The fraction of sp³-hybridized carbons (Fsp3) is 0.615. The van der Waals surface area contributed by atoms with Crippen LogP contribution in [-0.2, 0) is 23.4 Å². The summed E-state index contributed by atoms with van der Waals surface area (Å²) in [6.45, 7) is -0.678. The van der Waals surface area contributed by atoms with Crippen molar-refractivity contribution < 1.29 is 43.4 Å². The molecular formula is C13H19N2O10PS. The van der Waals surface area contributed by atoms with Crippen molar-refractivity contribution in [3.63, 3.8) is 0 Å². The first-order valence-electron chi connectivity index (χ1n) is 7.63. The normalized spacial score (nSPS) is 25.5. The molecule has 0 radical (unpaired) electrons. The van der Waals surface area contributed by atoms with E-state index in [2.05, 4.69) is 14.2 Å². The van der Waals surface area contributed by atoms with Gasteiger partial charge in [0.2, 0.25) is 0 Å². The highest BCUT2D eigenvalue weighted by atomic mass is 32.2. The zero-order valence-corrected chi connectivity index (χ0v) is 15.8. The lowest BCUT2D eigenvalue weighted by Crippen LogP contribution is -2.36. The molecule has 0 unspecified atom stereocenters. The van der Waals surface area contributed by atoms with E-state index in [9.17, 15) is 24.4 Å². The van der Waals surface area contributed by atoms with Crippen LogP contribution >= 0.6 is 19.6 Å². The number of ether oxygens (including phenoxy) is 2. The maximum absolute atomic E-state index is 12.2. The molecule has 0 aliphatic carbocycles. The molecule has 14 heteroatoms. The Morgan fingerprint density at radius 2 is 2.11 bits per heavy atom. The summed E-state index contributed by atoms with van der Waals surface area (Å²) in [5.74, 6) is -0.0394. The van der Waals surface area contributed by atoms with Crippen molar-refractivity contribution >= 4 is 25.6 Å². The van der Waals surface area contributed by atoms with Crippen molar-refractivity contribution in [3.05, 3.63) is 22.7 Å². The molecule has 27 heavy (non-hydrogen) atoms.